The minimum absolute atomic E-state index is 0.0338. The Morgan fingerprint density at radius 1 is 0.370 bits per heavy atom. The van der Waals surface area contributed by atoms with Crippen molar-refractivity contribution in [1.29, 1.82) is 0 Å². The molecule has 2 nitrogen and oxygen atoms in total. The molecule has 2 atom stereocenters. The van der Waals surface area contributed by atoms with E-state index in [1.54, 1.807) is 0 Å². The van der Waals surface area contributed by atoms with E-state index in [-0.39, 0.29) is 12.0 Å². The van der Waals surface area contributed by atoms with E-state index in [1.807, 2.05) is 0 Å². The van der Waals surface area contributed by atoms with Crippen molar-refractivity contribution in [1.82, 2.24) is 0 Å². The van der Waals surface area contributed by atoms with Gasteiger partial charge in [0.2, 0.25) is 0 Å². The molecule has 0 bridgehead atoms. The van der Waals surface area contributed by atoms with E-state index in [2.05, 4.69) is 217 Å². The second-order valence-corrected chi connectivity index (χ2v) is 14.1. The van der Waals surface area contributed by atoms with Crippen molar-refractivity contribution in [3.63, 3.8) is 0 Å². The molecule has 54 heavy (non-hydrogen) atoms. The van der Waals surface area contributed by atoms with Gasteiger partial charge in [0.15, 0.2) is 0 Å². The van der Waals surface area contributed by atoms with Crippen molar-refractivity contribution < 1.29 is 4.74 Å². The van der Waals surface area contributed by atoms with Crippen molar-refractivity contribution in [3.05, 3.63) is 218 Å². The molecule has 0 amide bonds. The average Bonchev–Trinajstić information content (AvgIpc) is 3.62. The minimum Gasteiger partial charge on any atom is -0.485 e. The van der Waals surface area contributed by atoms with Crippen LogP contribution in [0.25, 0.3) is 55.3 Å². The predicted octanol–water partition coefficient (Wildman–Crippen LogP) is 13.9. The molecule has 256 valence electrons. The topological polar surface area (TPSA) is 12.5 Å². The number of hydrogen-bond acceptors (Lipinski definition) is 2. The molecule has 1 aliphatic heterocycles. The van der Waals surface area contributed by atoms with E-state index >= 15 is 0 Å². The SMILES string of the molecule is C1=CC2Oc3cc(-c4ccc(N(c5ccccc5)c5ccc(-c6ccc(-c7ccccc7)cc6)cc5)cc4)c(-c4ccc5ccccc5c4)cc3C2C=C1. The summed E-state index contributed by atoms with van der Waals surface area (Å²) in [6, 6.07) is 67.8. The highest BCUT2D eigenvalue weighted by Gasteiger charge is 2.33. The molecule has 2 aliphatic rings. The van der Waals surface area contributed by atoms with Crippen molar-refractivity contribution >= 4 is 27.8 Å². The number of nitrogens with zero attached hydrogens (tertiary/aromatic N) is 1. The van der Waals surface area contributed by atoms with Gasteiger partial charge in [0.25, 0.3) is 0 Å². The Labute approximate surface area is 316 Å². The van der Waals surface area contributed by atoms with Crippen molar-refractivity contribution in [2.75, 3.05) is 4.90 Å². The number of benzene rings is 8. The summed E-state index contributed by atoms with van der Waals surface area (Å²) in [6.07, 6.45) is 8.69. The highest BCUT2D eigenvalue weighted by molar-refractivity contribution is 5.93. The Kier molecular flexibility index (Phi) is 8.00. The number of allylic oxidation sites excluding steroid dienone is 2. The van der Waals surface area contributed by atoms with Gasteiger partial charge in [-0.15, -0.1) is 0 Å². The number of para-hydroxylation sites is 1. The fraction of sp³-hybridized carbons (Fsp3) is 0.0385. The summed E-state index contributed by atoms with van der Waals surface area (Å²) in [5, 5.41) is 2.48. The van der Waals surface area contributed by atoms with Gasteiger partial charge in [-0.05, 0) is 116 Å². The summed E-state index contributed by atoms with van der Waals surface area (Å²) < 4.78 is 6.53. The first kappa shape index (κ1) is 31.8. The van der Waals surface area contributed by atoms with Gasteiger partial charge in [-0.25, -0.2) is 0 Å². The van der Waals surface area contributed by atoms with Crippen LogP contribution in [0, 0.1) is 0 Å². The Morgan fingerprint density at radius 3 is 1.56 bits per heavy atom. The van der Waals surface area contributed by atoms with Crippen LogP contribution in [-0.2, 0) is 0 Å². The van der Waals surface area contributed by atoms with Crippen LogP contribution >= 0.6 is 0 Å². The van der Waals surface area contributed by atoms with Crippen molar-refractivity contribution in [3.8, 4) is 50.3 Å². The molecule has 0 fully saturated rings. The van der Waals surface area contributed by atoms with E-state index in [0.717, 1.165) is 33.9 Å². The summed E-state index contributed by atoms with van der Waals surface area (Å²) in [4.78, 5) is 2.32. The fourth-order valence-electron chi connectivity index (χ4n) is 8.02. The summed E-state index contributed by atoms with van der Waals surface area (Å²) in [6.45, 7) is 0. The highest BCUT2D eigenvalue weighted by Crippen LogP contribution is 2.47. The first-order chi connectivity index (χ1) is 26.7. The molecule has 8 aromatic rings. The van der Waals surface area contributed by atoms with Gasteiger partial charge in [-0.2, -0.15) is 0 Å². The molecule has 0 aromatic heterocycles. The molecule has 0 spiro atoms. The molecule has 1 heterocycles. The molecule has 0 N–H and O–H groups in total. The van der Waals surface area contributed by atoms with Gasteiger partial charge in [0, 0.05) is 28.5 Å². The zero-order valence-corrected chi connectivity index (χ0v) is 29.7. The molecule has 2 heteroatoms. The van der Waals surface area contributed by atoms with Crippen LogP contribution in [-0.4, -0.2) is 6.10 Å². The molecule has 0 saturated heterocycles. The van der Waals surface area contributed by atoms with E-state index in [1.165, 1.54) is 49.7 Å². The van der Waals surface area contributed by atoms with Crippen LogP contribution in [0.2, 0.25) is 0 Å². The average molecular weight is 692 g/mol. The number of ether oxygens (including phenoxy) is 1. The van der Waals surface area contributed by atoms with Crippen molar-refractivity contribution in [2.24, 2.45) is 0 Å². The molecular weight excluding hydrogens is 655 g/mol. The van der Waals surface area contributed by atoms with Gasteiger partial charge in [-0.3, -0.25) is 0 Å². The summed E-state index contributed by atoms with van der Waals surface area (Å²) in [7, 11) is 0. The van der Waals surface area contributed by atoms with Gasteiger partial charge < -0.3 is 9.64 Å². The summed E-state index contributed by atoms with van der Waals surface area (Å²) in [5.41, 5.74) is 14.1. The molecule has 0 radical (unpaired) electrons. The Balaban J connectivity index is 1.01. The van der Waals surface area contributed by atoms with Crippen molar-refractivity contribution in [2.45, 2.75) is 12.0 Å². The zero-order chi connectivity index (χ0) is 35.8. The maximum atomic E-state index is 6.53. The Hall–Kier alpha value is -6.90. The molecule has 0 saturated carbocycles. The monoisotopic (exact) mass is 691 g/mol. The Morgan fingerprint density at radius 2 is 0.870 bits per heavy atom. The predicted molar refractivity (Wildman–Crippen MR) is 226 cm³/mol. The van der Waals surface area contributed by atoms with Gasteiger partial charge >= 0.3 is 0 Å². The van der Waals surface area contributed by atoms with Crippen LogP contribution in [0.4, 0.5) is 17.1 Å². The quantitative estimate of drug-likeness (QED) is 0.165. The minimum atomic E-state index is 0.0338. The van der Waals surface area contributed by atoms with Crippen LogP contribution in [0.1, 0.15) is 11.5 Å². The smallest absolute Gasteiger partial charge is 0.128 e. The third kappa shape index (κ3) is 5.88. The standard InChI is InChI=1S/C52H37NO/c1-3-11-36(12-4-1)38-19-21-39(22-20-38)40-25-29-45(30-26-40)53(44-15-5-2-6-16-44)46-31-27-41(28-32-46)49-35-52-50(47-17-9-10-18-51(47)54-52)34-48(49)43-24-23-37-13-7-8-14-42(37)33-43/h1-35,47,51H. The summed E-state index contributed by atoms with van der Waals surface area (Å²) in [5.74, 6) is 1.19. The second kappa shape index (κ2) is 13.6. The lowest BCUT2D eigenvalue weighted by atomic mass is 9.86. The Bertz CT molecular complexity index is 2660. The third-order valence-electron chi connectivity index (χ3n) is 10.8. The normalized spacial score (nSPS) is 15.4. The zero-order valence-electron chi connectivity index (χ0n) is 29.7. The number of fused-ring (bicyclic) bond motifs is 4. The lowest BCUT2D eigenvalue weighted by Gasteiger charge is -2.26. The highest BCUT2D eigenvalue weighted by atomic mass is 16.5. The van der Waals surface area contributed by atoms with E-state index in [4.69, 9.17) is 4.74 Å². The first-order valence-corrected chi connectivity index (χ1v) is 18.7. The largest absolute Gasteiger partial charge is 0.485 e. The molecule has 2 unspecified atom stereocenters. The molecule has 1 aliphatic carbocycles. The van der Waals surface area contributed by atoms with Crippen LogP contribution in [0.15, 0.2) is 212 Å². The van der Waals surface area contributed by atoms with E-state index in [0.29, 0.717) is 0 Å². The van der Waals surface area contributed by atoms with Crippen LogP contribution in [0.3, 0.4) is 0 Å². The van der Waals surface area contributed by atoms with Gasteiger partial charge in [0.05, 0.1) is 0 Å². The van der Waals surface area contributed by atoms with E-state index in [9.17, 15) is 0 Å². The lowest BCUT2D eigenvalue weighted by Crippen LogP contribution is -2.15. The maximum Gasteiger partial charge on any atom is 0.128 e. The number of rotatable bonds is 7. The molecule has 10 rings (SSSR count). The van der Waals surface area contributed by atoms with Gasteiger partial charge in [0.1, 0.15) is 11.9 Å². The van der Waals surface area contributed by atoms with Crippen LogP contribution in [0.5, 0.6) is 5.75 Å². The third-order valence-corrected chi connectivity index (χ3v) is 10.8. The number of hydrogen-bond donors (Lipinski definition) is 0. The fourth-order valence-corrected chi connectivity index (χ4v) is 8.02. The summed E-state index contributed by atoms with van der Waals surface area (Å²) >= 11 is 0. The molecule has 8 aromatic carbocycles. The van der Waals surface area contributed by atoms with E-state index < -0.39 is 0 Å². The molecular formula is C52H37NO. The first-order valence-electron chi connectivity index (χ1n) is 18.7. The number of anilines is 3. The van der Waals surface area contributed by atoms with Crippen LogP contribution < -0.4 is 9.64 Å². The second-order valence-electron chi connectivity index (χ2n) is 14.1. The lowest BCUT2D eigenvalue weighted by molar-refractivity contribution is 0.269. The maximum absolute atomic E-state index is 6.53. The van der Waals surface area contributed by atoms with Gasteiger partial charge in [-0.1, -0.05) is 152 Å².